The van der Waals surface area contributed by atoms with Gasteiger partial charge in [-0.25, -0.2) is 0 Å². The first kappa shape index (κ1) is 13.8. The van der Waals surface area contributed by atoms with Gasteiger partial charge in [0.1, 0.15) is 0 Å². The van der Waals surface area contributed by atoms with Crippen molar-refractivity contribution >= 4 is 11.8 Å². The van der Waals surface area contributed by atoms with Gasteiger partial charge in [0.25, 0.3) is 0 Å². The average molecular weight is 297 g/mol. The molecule has 0 spiro atoms. The summed E-state index contributed by atoms with van der Waals surface area (Å²) in [5.74, 6) is 0.742. The molecular weight excluding hydrogens is 282 g/mol. The molecule has 0 N–H and O–H groups in total. The third kappa shape index (κ3) is 2.95. The van der Waals surface area contributed by atoms with Gasteiger partial charge in [-0.15, -0.1) is 5.10 Å². The lowest BCUT2D eigenvalue weighted by Gasteiger charge is -2.10. The normalized spacial score (nSPS) is 10.8. The molecule has 106 valence electrons. The maximum absolute atomic E-state index is 4.32. The minimum Gasteiger partial charge on any atom is -0.260 e. The molecule has 0 amide bonds. The first-order valence-corrected chi connectivity index (χ1v) is 7.62. The zero-order valence-corrected chi connectivity index (χ0v) is 12.7. The van der Waals surface area contributed by atoms with Gasteiger partial charge in [0.15, 0.2) is 0 Å². The molecule has 2 heterocycles. The van der Waals surface area contributed by atoms with Crippen LogP contribution in [0.3, 0.4) is 0 Å². The van der Waals surface area contributed by atoms with Gasteiger partial charge in [-0.3, -0.25) is 4.98 Å². The van der Waals surface area contributed by atoms with Crippen LogP contribution in [0.1, 0.15) is 16.8 Å². The number of aromatic nitrogens is 5. The van der Waals surface area contributed by atoms with Crippen molar-refractivity contribution in [3.8, 4) is 5.69 Å². The van der Waals surface area contributed by atoms with Gasteiger partial charge in [-0.05, 0) is 47.5 Å². The van der Waals surface area contributed by atoms with Crippen molar-refractivity contribution in [2.45, 2.75) is 24.8 Å². The van der Waals surface area contributed by atoms with Gasteiger partial charge >= 0.3 is 0 Å². The van der Waals surface area contributed by atoms with Crippen molar-refractivity contribution in [3.05, 3.63) is 59.4 Å². The zero-order valence-electron chi connectivity index (χ0n) is 11.9. The number of rotatable bonds is 4. The van der Waals surface area contributed by atoms with E-state index in [1.807, 2.05) is 24.3 Å². The molecule has 2 aromatic heterocycles. The minimum absolute atomic E-state index is 0.742. The first-order chi connectivity index (χ1) is 10.3. The second-order valence-corrected chi connectivity index (χ2v) is 5.67. The lowest BCUT2D eigenvalue weighted by Crippen LogP contribution is -2.04. The van der Waals surface area contributed by atoms with E-state index < -0.39 is 0 Å². The fraction of sp³-hybridized carbons (Fsp3) is 0.200. The Bertz CT molecular complexity index is 719. The molecule has 3 rings (SSSR count). The topological polar surface area (TPSA) is 56.5 Å². The quantitative estimate of drug-likeness (QED) is 0.693. The fourth-order valence-electron chi connectivity index (χ4n) is 2.17. The average Bonchev–Trinajstić information content (AvgIpc) is 2.94. The van der Waals surface area contributed by atoms with Crippen LogP contribution in [0.25, 0.3) is 5.69 Å². The van der Waals surface area contributed by atoms with Gasteiger partial charge in [0, 0.05) is 11.9 Å². The molecule has 0 aliphatic carbocycles. The maximum atomic E-state index is 4.32. The molecule has 21 heavy (non-hydrogen) atoms. The van der Waals surface area contributed by atoms with E-state index >= 15 is 0 Å². The second-order valence-electron chi connectivity index (χ2n) is 4.72. The van der Waals surface area contributed by atoms with Crippen molar-refractivity contribution in [3.63, 3.8) is 0 Å². The third-order valence-corrected chi connectivity index (χ3v) is 4.12. The van der Waals surface area contributed by atoms with Gasteiger partial charge in [0.2, 0.25) is 5.16 Å². The van der Waals surface area contributed by atoms with E-state index in [0.717, 1.165) is 33.4 Å². The van der Waals surface area contributed by atoms with E-state index in [0.29, 0.717) is 0 Å². The van der Waals surface area contributed by atoms with E-state index in [4.69, 9.17) is 0 Å². The Kier molecular flexibility index (Phi) is 3.96. The minimum atomic E-state index is 0.742. The molecule has 3 aromatic rings. The summed E-state index contributed by atoms with van der Waals surface area (Å²) < 4.78 is 1.80. The lowest BCUT2D eigenvalue weighted by atomic mass is 10.1. The molecule has 6 heteroatoms. The second kappa shape index (κ2) is 6.05. The molecule has 0 atom stereocenters. The molecule has 5 nitrogen and oxygen atoms in total. The summed E-state index contributed by atoms with van der Waals surface area (Å²) >= 11 is 1.58. The van der Waals surface area contributed by atoms with E-state index in [1.54, 1.807) is 22.6 Å². The van der Waals surface area contributed by atoms with Crippen LogP contribution >= 0.6 is 11.8 Å². The molecule has 0 saturated heterocycles. The number of aryl methyl sites for hydroxylation is 2. The van der Waals surface area contributed by atoms with Crippen molar-refractivity contribution in [1.82, 2.24) is 25.2 Å². The summed E-state index contributed by atoms with van der Waals surface area (Å²) in [4.78, 5) is 4.32. The van der Waals surface area contributed by atoms with Crippen LogP contribution < -0.4 is 0 Å². The van der Waals surface area contributed by atoms with E-state index in [1.165, 1.54) is 0 Å². The summed E-state index contributed by atoms with van der Waals surface area (Å²) in [6.07, 6.45) is 1.80. The van der Waals surface area contributed by atoms with Crippen LogP contribution in [0.15, 0.2) is 47.8 Å². The lowest BCUT2D eigenvalue weighted by molar-refractivity contribution is 0.747. The predicted molar refractivity (Wildman–Crippen MR) is 82.4 cm³/mol. The number of para-hydroxylation sites is 1. The Morgan fingerprint density at radius 2 is 1.86 bits per heavy atom. The van der Waals surface area contributed by atoms with E-state index in [-0.39, 0.29) is 0 Å². The Hall–Kier alpha value is -2.21. The Labute approximate surface area is 127 Å². The molecule has 0 fully saturated rings. The van der Waals surface area contributed by atoms with Crippen LogP contribution in [0, 0.1) is 13.8 Å². The molecule has 1 aromatic carbocycles. The summed E-state index contributed by atoms with van der Waals surface area (Å²) in [7, 11) is 0. The number of tetrazole rings is 1. The molecule has 0 saturated carbocycles. The Morgan fingerprint density at radius 1 is 1.05 bits per heavy atom. The number of hydrogen-bond acceptors (Lipinski definition) is 5. The molecule has 0 bridgehead atoms. The number of nitrogens with zero attached hydrogens (tertiary/aromatic N) is 5. The van der Waals surface area contributed by atoms with Crippen molar-refractivity contribution in [1.29, 1.82) is 0 Å². The Balaban J connectivity index is 1.88. The van der Waals surface area contributed by atoms with Crippen molar-refractivity contribution in [2.75, 3.05) is 0 Å². The number of hydrogen-bond donors (Lipinski definition) is 0. The van der Waals surface area contributed by atoms with Crippen LogP contribution in [-0.4, -0.2) is 25.2 Å². The fourth-order valence-corrected chi connectivity index (χ4v) is 2.96. The molecule has 0 unspecified atom stereocenters. The number of pyridine rings is 1. The summed E-state index contributed by atoms with van der Waals surface area (Å²) in [5, 5.41) is 12.9. The number of benzene rings is 1. The Morgan fingerprint density at radius 3 is 2.57 bits per heavy atom. The third-order valence-electron chi connectivity index (χ3n) is 3.17. The van der Waals surface area contributed by atoms with Crippen LogP contribution in [-0.2, 0) is 5.75 Å². The highest BCUT2D eigenvalue weighted by molar-refractivity contribution is 7.98. The monoisotopic (exact) mass is 297 g/mol. The highest BCUT2D eigenvalue weighted by atomic mass is 32.2. The summed E-state index contributed by atoms with van der Waals surface area (Å²) in [5.41, 5.74) is 4.37. The smallest absolute Gasteiger partial charge is 0.214 e. The van der Waals surface area contributed by atoms with E-state index in [9.17, 15) is 0 Å². The van der Waals surface area contributed by atoms with Gasteiger partial charge < -0.3 is 0 Å². The highest BCUT2D eigenvalue weighted by Crippen LogP contribution is 2.25. The van der Waals surface area contributed by atoms with Crippen LogP contribution in [0.2, 0.25) is 0 Å². The summed E-state index contributed by atoms with van der Waals surface area (Å²) in [6.45, 7) is 4.13. The molecule has 0 aliphatic rings. The predicted octanol–water partition coefficient (Wildman–Crippen LogP) is 2.97. The molecular formula is C15H15N5S. The molecule has 0 aliphatic heterocycles. The maximum Gasteiger partial charge on any atom is 0.214 e. The summed E-state index contributed by atoms with van der Waals surface area (Å²) in [6, 6.07) is 12.1. The highest BCUT2D eigenvalue weighted by Gasteiger charge is 2.13. The number of thioether (sulfide) groups is 1. The van der Waals surface area contributed by atoms with Gasteiger partial charge in [-0.1, -0.05) is 36.0 Å². The van der Waals surface area contributed by atoms with Crippen molar-refractivity contribution in [2.24, 2.45) is 0 Å². The van der Waals surface area contributed by atoms with Gasteiger partial charge in [-0.2, -0.15) is 4.68 Å². The van der Waals surface area contributed by atoms with Crippen molar-refractivity contribution < 1.29 is 0 Å². The molecule has 0 radical (unpaired) electrons. The first-order valence-electron chi connectivity index (χ1n) is 6.63. The van der Waals surface area contributed by atoms with Gasteiger partial charge in [0.05, 0.1) is 11.4 Å². The SMILES string of the molecule is Cc1cccc(C)c1-n1nnnc1SCc1ccccn1. The van der Waals surface area contributed by atoms with Crippen LogP contribution in [0.5, 0.6) is 0 Å². The zero-order chi connectivity index (χ0) is 14.7. The van der Waals surface area contributed by atoms with E-state index in [2.05, 4.69) is 46.5 Å². The standard InChI is InChI=1S/C15H15N5S/c1-11-6-5-7-12(2)14(11)20-15(17-18-19-20)21-10-13-8-3-4-9-16-13/h3-9H,10H2,1-2H3. The van der Waals surface area contributed by atoms with Crippen LogP contribution in [0.4, 0.5) is 0 Å². The largest absolute Gasteiger partial charge is 0.260 e.